The van der Waals surface area contributed by atoms with Crippen molar-refractivity contribution in [3.63, 3.8) is 0 Å². The van der Waals surface area contributed by atoms with E-state index in [1.165, 1.54) is 5.56 Å². The summed E-state index contributed by atoms with van der Waals surface area (Å²) >= 11 is 1.68. The van der Waals surface area contributed by atoms with Crippen LogP contribution < -0.4 is 5.73 Å². The van der Waals surface area contributed by atoms with Crippen LogP contribution in [0, 0.1) is 0 Å². The first kappa shape index (κ1) is 14.1. The van der Waals surface area contributed by atoms with Crippen molar-refractivity contribution in [3.05, 3.63) is 54.4 Å². The Morgan fingerprint density at radius 1 is 1.19 bits per heavy atom. The van der Waals surface area contributed by atoms with E-state index in [2.05, 4.69) is 21.9 Å². The molecule has 0 aliphatic carbocycles. The average Bonchev–Trinajstić information content (AvgIpc) is 2.95. The molecule has 3 rings (SSSR count). The molecule has 3 aromatic rings. The molecule has 5 heteroatoms. The summed E-state index contributed by atoms with van der Waals surface area (Å²) in [6, 6.07) is 12.2. The van der Waals surface area contributed by atoms with E-state index in [4.69, 9.17) is 5.73 Å². The number of imidazole rings is 1. The second kappa shape index (κ2) is 6.28. The summed E-state index contributed by atoms with van der Waals surface area (Å²) in [5, 5.41) is 1.07. The fraction of sp³-hybridized carbons (Fsp3) is 0.250. The predicted molar refractivity (Wildman–Crippen MR) is 87.2 cm³/mol. The molecule has 1 aromatic carbocycles. The Labute approximate surface area is 128 Å². The number of aromatic nitrogens is 3. The summed E-state index contributed by atoms with van der Waals surface area (Å²) < 4.78 is 0. The van der Waals surface area contributed by atoms with E-state index in [-0.39, 0.29) is 11.3 Å². The number of hydrogen-bond acceptors (Lipinski definition) is 4. The minimum Gasteiger partial charge on any atom is -0.333 e. The largest absolute Gasteiger partial charge is 0.333 e. The number of pyridine rings is 1. The minimum atomic E-state index is 0.0746. The Balaban J connectivity index is 1.90. The van der Waals surface area contributed by atoms with Gasteiger partial charge in [0.2, 0.25) is 0 Å². The van der Waals surface area contributed by atoms with E-state index in [1.54, 1.807) is 11.8 Å². The molecule has 2 heterocycles. The Bertz CT molecular complexity index is 677. The van der Waals surface area contributed by atoms with Crippen LogP contribution in [0.3, 0.4) is 0 Å². The summed E-state index contributed by atoms with van der Waals surface area (Å²) in [7, 11) is 0. The zero-order valence-corrected chi connectivity index (χ0v) is 12.7. The summed E-state index contributed by atoms with van der Waals surface area (Å²) in [4.78, 5) is 12.1. The van der Waals surface area contributed by atoms with Gasteiger partial charge in [-0.25, -0.2) is 4.98 Å². The van der Waals surface area contributed by atoms with Gasteiger partial charge in [-0.3, -0.25) is 4.98 Å². The molecular formula is C16H18N4S. The quantitative estimate of drug-likeness (QED) is 0.707. The third kappa shape index (κ3) is 3.09. The number of benzene rings is 1. The summed E-state index contributed by atoms with van der Waals surface area (Å²) in [5.41, 5.74) is 9.53. The average molecular weight is 298 g/mol. The van der Waals surface area contributed by atoms with Crippen LogP contribution in [0.4, 0.5) is 0 Å². The monoisotopic (exact) mass is 298 g/mol. The van der Waals surface area contributed by atoms with Crippen LogP contribution in [0.1, 0.15) is 24.2 Å². The molecule has 2 atom stereocenters. The second-order valence-corrected chi connectivity index (χ2v) is 6.08. The van der Waals surface area contributed by atoms with Gasteiger partial charge in [-0.15, -0.1) is 0 Å². The van der Waals surface area contributed by atoms with Gasteiger partial charge in [-0.2, -0.15) is 0 Å². The van der Waals surface area contributed by atoms with Gasteiger partial charge in [-0.1, -0.05) is 30.8 Å². The molecule has 0 amide bonds. The lowest BCUT2D eigenvalue weighted by atomic mass is 10.1. The van der Waals surface area contributed by atoms with Gasteiger partial charge in [0.05, 0.1) is 16.3 Å². The van der Waals surface area contributed by atoms with Crippen molar-refractivity contribution in [3.8, 4) is 0 Å². The number of nitrogens with two attached hydrogens (primary N) is 1. The summed E-state index contributed by atoms with van der Waals surface area (Å²) in [6.07, 6.45) is 4.54. The van der Waals surface area contributed by atoms with Crippen LogP contribution in [-0.4, -0.2) is 21.0 Å². The molecular weight excluding hydrogens is 280 g/mol. The van der Waals surface area contributed by atoms with Gasteiger partial charge < -0.3 is 10.7 Å². The topological polar surface area (TPSA) is 67.6 Å². The standard InChI is InChI=1S/C16H18N4S/c1-2-12(17)15(11-7-9-18-10-8-11)21-16-19-13-5-3-4-6-14(13)20-16/h3-10,12,15H,2,17H2,1H3,(H,19,20). The van der Waals surface area contributed by atoms with Crippen molar-refractivity contribution in [2.75, 3.05) is 0 Å². The van der Waals surface area contributed by atoms with Gasteiger partial charge in [0.15, 0.2) is 5.16 Å². The maximum atomic E-state index is 6.31. The molecule has 2 aromatic heterocycles. The number of H-pyrrole nitrogens is 1. The van der Waals surface area contributed by atoms with E-state index in [9.17, 15) is 0 Å². The van der Waals surface area contributed by atoms with Crippen LogP contribution in [0.25, 0.3) is 11.0 Å². The van der Waals surface area contributed by atoms with E-state index >= 15 is 0 Å². The number of fused-ring (bicyclic) bond motifs is 1. The highest BCUT2D eigenvalue weighted by Crippen LogP contribution is 2.37. The molecule has 3 N–H and O–H groups in total. The fourth-order valence-corrected chi connectivity index (χ4v) is 3.50. The van der Waals surface area contributed by atoms with Gasteiger partial charge in [0, 0.05) is 18.4 Å². The SMILES string of the molecule is CCC(N)C(Sc1nc2ccccc2[nH]1)c1ccncc1. The molecule has 2 unspecified atom stereocenters. The second-order valence-electron chi connectivity index (χ2n) is 4.95. The maximum Gasteiger partial charge on any atom is 0.167 e. The smallest absolute Gasteiger partial charge is 0.167 e. The summed E-state index contributed by atoms with van der Waals surface area (Å²) in [5.74, 6) is 0. The van der Waals surface area contributed by atoms with Gasteiger partial charge in [0.1, 0.15) is 0 Å². The Hall–Kier alpha value is -1.85. The van der Waals surface area contributed by atoms with E-state index in [0.29, 0.717) is 0 Å². The molecule has 0 saturated heterocycles. The van der Waals surface area contributed by atoms with Crippen molar-refractivity contribution < 1.29 is 0 Å². The third-order valence-corrected chi connectivity index (χ3v) is 4.79. The Morgan fingerprint density at radius 3 is 2.67 bits per heavy atom. The van der Waals surface area contributed by atoms with E-state index in [0.717, 1.165) is 22.6 Å². The lowest BCUT2D eigenvalue weighted by Gasteiger charge is -2.21. The minimum absolute atomic E-state index is 0.0746. The molecule has 21 heavy (non-hydrogen) atoms. The van der Waals surface area contributed by atoms with Crippen LogP contribution in [0.5, 0.6) is 0 Å². The Morgan fingerprint density at radius 2 is 1.95 bits per heavy atom. The molecule has 0 bridgehead atoms. The van der Waals surface area contributed by atoms with E-state index < -0.39 is 0 Å². The summed E-state index contributed by atoms with van der Waals surface area (Å²) in [6.45, 7) is 2.11. The number of hydrogen-bond donors (Lipinski definition) is 2. The van der Waals surface area contributed by atoms with Crippen LogP contribution in [-0.2, 0) is 0 Å². The number of rotatable bonds is 5. The lowest BCUT2D eigenvalue weighted by Crippen LogP contribution is -2.25. The zero-order chi connectivity index (χ0) is 14.7. The van der Waals surface area contributed by atoms with Gasteiger partial charge in [0.25, 0.3) is 0 Å². The molecule has 0 spiro atoms. The molecule has 108 valence electrons. The van der Waals surface area contributed by atoms with Crippen molar-refractivity contribution in [1.82, 2.24) is 15.0 Å². The van der Waals surface area contributed by atoms with Gasteiger partial charge in [-0.05, 0) is 36.2 Å². The molecule has 0 aliphatic heterocycles. The third-order valence-electron chi connectivity index (χ3n) is 3.50. The normalized spacial score (nSPS) is 14.2. The van der Waals surface area contributed by atoms with Gasteiger partial charge >= 0.3 is 0 Å². The highest BCUT2D eigenvalue weighted by Gasteiger charge is 2.21. The number of nitrogens with one attached hydrogen (secondary N) is 1. The molecule has 0 saturated carbocycles. The molecule has 0 fully saturated rings. The number of aromatic amines is 1. The van der Waals surface area contributed by atoms with E-state index in [1.807, 2.05) is 48.8 Å². The predicted octanol–water partition coefficient (Wildman–Crippen LogP) is 3.53. The molecule has 0 aliphatic rings. The van der Waals surface area contributed by atoms with Crippen LogP contribution in [0.15, 0.2) is 53.9 Å². The molecule has 4 nitrogen and oxygen atoms in total. The van der Waals surface area contributed by atoms with Crippen molar-refractivity contribution >= 4 is 22.8 Å². The lowest BCUT2D eigenvalue weighted by molar-refractivity contribution is 0.632. The van der Waals surface area contributed by atoms with Crippen LogP contribution >= 0.6 is 11.8 Å². The van der Waals surface area contributed by atoms with Crippen molar-refractivity contribution in [2.45, 2.75) is 29.8 Å². The zero-order valence-electron chi connectivity index (χ0n) is 11.9. The first-order chi connectivity index (χ1) is 10.3. The first-order valence-corrected chi connectivity index (χ1v) is 7.93. The fourth-order valence-electron chi connectivity index (χ4n) is 2.28. The maximum absolute atomic E-state index is 6.31. The Kier molecular flexibility index (Phi) is 4.22. The van der Waals surface area contributed by atoms with Crippen molar-refractivity contribution in [2.24, 2.45) is 5.73 Å². The van der Waals surface area contributed by atoms with Crippen LogP contribution in [0.2, 0.25) is 0 Å². The highest BCUT2D eigenvalue weighted by molar-refractivity contribution is 7.99. The first-order valence-electron chi connectivity index (χ1n) is 7.05. The number of para-hydroxylation sites is 2. The number of thioether (sulfide) groups is 1. The molecule has 0 radical (unpaired) electrons. The van der Waals surface area contributed by atoms with Crippen molar-refractivity contribution in [1.29, 1.82) is 0 Å². The number of nitrogens with zero attached hydrogens (tertiary/aromatic N) is 2. The highest BCUT2D eigenvalue weighted by atomic mass is 32.2.